The monoisotopic (exact) mass is 263 g/mol. The van der Waals surface area contributed by atoms with E-state index >= 15 is 0 Å². The molecule has 0 aliphatic carbocycles. The molecular weight excluding hydrogens is 246 g/mol. The van der Waals surface area contributed by atoms with Crippen LogP contribution in [0.2, 0.25) is 0 Å². The molecule has 0 saturated carbocycles. The highest BCUT2D eigenvalue weighted by molar-refractivity contribution is 5.98. The molecule has 1 heterocycles. The van der Waals surface area contributed by atoms with Gasteiger partial charge in [0.15, 0.2) is 0 Å². The summed E-state index contributed by atoms with van der Waals surface area (Å²) in [6.45, 7) is 2.75. The van der Waals surface area contributed by atoms with E-state index in [1.807, 2.05) is 6.92 Å². The van der Waals surface area contributed by atoms with Crippen LogP contribution < -0.4 is 11.5 Å². The third kappa shape index (κ3) is 2.68. The van der Waals surface area contributed by atoms with Gasteiger partial charge in [0.05, 0.1) is 13.2 Å². The van der Waals surface area contributed by atoms with E-state index in [4.69, 9.17) is 16.2 Å². The number of hydrogen-bond donors (Lipinski definition) is 2. The summed E-state index contributed by atoms with van der Waals surface area (Å²) in [5.41, 5.74) is 13.0. The maximum Gasteiger partial charge on any atom is 0.254 e. The topological polar surface area (TPSA) is 98.6 Å². The van der Waals surface area contributed by atoms with Gasteiger partial charge in [-0.1, -0.05) is 6.07 Å². The molecule has 1 aromatic rings. The molecule has 19 heavy (non-hydrogen) atoms. The van der Waals surface area contributed by atoms with E-state index in [1.165, 1.54) is 4.90 Å². The number of morpholine rings is 1. The molecule has 1 unspecified atom stereocenters. The average molecular weight is 263 g/mol. The van der Waals surface area contributed by atoms with Crippen molar-refractivity contribution in [3.63, 3.8) is 0 Å². The van der Waals surface area contributed by atoms with E-state index in [0.717, 1.165) is 5.56 Å². The Hall–Kier alpha value is -2.08. The van der Waals surface area contributed by atoms with Gasteiger partial charge in [-0.15, -0.1) is 0 Å². The van der Waals surface area contributed by atoms with Crippen LogP contribution in [-0.2, 0) is 9.53 Å². The summed E-state index contributed by atoms with van der Waals surface area (Å²) in [6.07, 6.45) is 0. The van der Waals surface area contributed by atoms with Gasteiger partial charge >= 0.3 is 0 Å². The summed E-state index contributed by atoms with van der Waals surface area (Å²) in [7, 11) is 0. The highest BCUT2D eigenvalue weighted by Gasteiger charge is 2.31. The second-order valence-corrected chi connectivity index (χ2v) is 4.56. The number of rotatable bonds is 2. The lowest BCUT2D eigenvalue weighted by molar-refractivity contribution is -0.127. The van der Waals surface area contributed by atoms with E-state index in [0.29, 0.717) is 24.4 Å². The SMILES string of the molecule is Cc1ccc(C(=O)N2CCOCC2C(N)=O)cc1N. The number of amides is 2. The predicted molar refractivity (Wildman–Crippen MR) is 70.4 cm³/mol. The van der Waals surface area contributed by atoms with E-state index in [9.17, 15) is 9.59 Å². The van der Waals surface area contributed by atoms with Crippen molar-refractivity contribution in [2.24, 2.45) is 5.73 Å². The fourth-order valence-corrected chi connectivity index (χ4v) is 2.02. The van der Waals surface area contributed by atoms with Crippen LogP contribution in [0.1, 0.15) is 15.9 Å². The standard InChI is InChI=1S/C13H17N3O3/c1-8-2-3-9(6-10(8)14)13(18)16-4-5-19-7-11(16)12(15)17/h2-3,6,11H,4-5,7,14H2,1H3,(H2,15,17). The Morgan fingerprint density at radius 3 is 2.79 bits per heavy atom. The van der Waals surface area contributed by atoms with Crippen LogP contribution in [0, 0.1) is 6.92 Å². The summed E-state index contributed by atoms with van der Waals surface area (Å²) in [5.74, 6) is -0.813. The molecule has 0 bridgehead atoms. The maximum absolute atomic E-state index is 12.4. The van der Waals surface area contributed by atoms with Gasteiger partial charge in [0.2, 0.25) is 5.91 Å². The van der Waals surface area contributed by atoms with E-state index < -0.39 is 11.9 Å². The van der Waals surface area contributed by atoms with E-state index in [1.54, 1.807) is 18.2 Å². The lowest BCUT2D eigenvalue weighted by Crippen LogP contribution is -2.54. The molecule has 1 aliphatic rings. The van der Waals surface area contributed by atoms with Crippen molar-refractivity contribution in [2.45, 2.75) is 13.0 Å². The number of benzene rings is 1. The Morgan fingerprint density at radius 1 is 1.42 bits per heavy atom. The van der Waals surface area contributed by atoms with Crippen LogP contribution in [0.4, 0.5) is 5.69 Å². The molecule has 102 valence electrons. The van der Waals surface area contributed by atoms with Crippen molar-refractivity contribution in [1.82, 2.24) is 4.90 Å². The smallest absolute Gasteiger partial charge is 0.254 e. The minimum atomic E-state index is -0.719. The Labute approximate surface area is 111 Å². The first-order valence-electron chi connectivity index (χ1n) is 6.05. The number of carbonyl (C=O) groups is 2. The molecule has 6 nitrogen and oxygen atoms in total. The number of nitrogens with zero attached hydrogens (tertiary/aromatic N) is 1. The van der Waals surface area contributed by atoms with Gasteiger partial charge in [-0.05, 0) is 24.6 Å². The number of nitrogen functional groups attached to an aromatic ring is 1. The van der Waals surface area contributed by atoms with Gasteiger partial charge in [0.25, 0.3) is 5.91 Å². The quantitative estimate of drug-likeness (QED) is 0.728. The van der Waals surface area contributed by atoms with Gasteiger partial charge < -0.3 is 21.1 Å². The van der Waals surface area contributed by atoms with Crippen molar-refractivity contribution in [3.05, 3.63) is 29.3 Å². The molecule has 0 aromatic heterocycles. The third-order valence-electron chi connectivity index (χ3n) is 3.24. The normalized spacial score (nSPS) is 19.2. The Kier molecular flexibility index (Phi) is 3.71. The van der Waals surface area contributed by atoms with Crippen molar-refractivity contribution in [2.75, 3.05) is 25.5 Å². The van der Waals surface area contributed by atoms with Gasteiger partial charge in [0.1, 0.15) is 6.04 Å². The van der Waals surface area contributed by atoms with Gasteiger partial charge in [-0.3, -0.25) is 9.59 Å². The summed E-state index contributed by atoms with van der Waals surface area (Å²) < 4.78 is 5.18. The molecule has 4 N–H and O–H groups in total. The third-order valence-corrected chi connectivity index (χ3v) is 3.24. The fraction of sp³-hybridized carbons (Fsp3) is 0.385. The molecule has 1 fully saturated rings. The number of aryl methyl sites for hydroxylation is 1. The number of primary amides is 1. The van der Waals surface area contributed by atoms with Crippen LogP contribution in [0.3, 0.4) is 0 Å². The van der Waals surface area contributed by atoms with Crippen LogP contribution in [0.25, 0.3) is 0 Å². The van der Waals surface area contributed by atoms with Crippen molar-refractivity contribution in [1.29, 1.82) is 0 Å². The first-order valence-corrected chi connectivity index (χ1v) is 6.05. The van der Waals surface area contributed by atoms with E-state index in [2.05, 4.69) is 0 Å². The van der Waals surface area contributed by atoms with E-state index in [-0.39, 0.29) is 12.5 Å². The van der Waals surface area contributed by atoms with Gasteiger partial charge in [-0.25, -0.2) is 0 Å². The zero-order valence-corrected chi connectivity index (χ0v) is 10.8. The lowest BCUT2D eigenvalue weighted by Gasteiger charge is -2.33. The lowest BCUT2D eigenvalue weighted by atomic mass is 10.1. The maximum atomic E-state index is 12.4. The molecule has 0 spiro atoms. The summed E-state index contributed by atoms with van der Waals surface area (Å²) in [5, 5.41) is 0. The Balaban J connectivity index is 2.26. The van der Waals surface area contributed by atoms with Crippen LogP contribution in [0.15, 0.2) is 18.2 Å². The first kappa shape index (κ1) is 13.4. The highest BCUT2D eigenvalue weighted by atomic mass is 16.5. The number of anilines is 1. The average Bonchev–Trinajstić information content (AvgIpc) is 2.41. The van der Waals surface area contributed by atoms with Gasteiger partial charge in [-0.2, -0.15) is 0 Å². The van der Waals surface area contributed by atoms with Crippen LogP contribution >= 0.6 is 0 Å². The minimum Gasteiger partial charge on any atom is -0.398 e. The highest BCUT2D eigenvalue weighted by Crippen LogP contribution is 2.17. The zero-order valence-electron chi connectivity index (χ0n) is 10.8. The molecule has 1 saturated heterocycles. The Bertz CT molecular complexity index is 516. The molecule has 2 rings (SSSR count). The summed E-state index contributed by atoms with van der Waals surface area (Å²) >= 11 is 0. The van der Waals surface area contributed by atoms with Crippen LogP contribution in [-0.4, -0.2) is 42.5 Å². The number of hydrogen-bond acceptors (Lipinski definition) is 4. The van der Waals surface area contributed by atoms with Crippen molar-refractivity contribution < 1.29 is 14.3 Å². The number of ether oxygens (including phenoxy) is 1. The minimum absolute atomic E-state index is 0.141. The molecule has 6 heteroatoms. The Morgan fingerprint density at radius 2 is 2.16 bits per heavy atom. The molecule has 1 aliphatic heterocycles. The predicted octanol–water partition coefficient (Wildman–Crippen LogP) is -0.0965. The second kappa shape index (κ2) is 5.27. The molecule has 1 atom stereocenters. The van der Waals surface area contributed by atoms with Gasteiger partial charge in [0, 0.05) is 17.8 Å². The van der Waals surface area contributed by atoms with Crippen molar-refractivity contribution >= 4 is 17.5 Å². The van der Waals surface area contributed by atoms with Crippen molar-refractivity contribution in [3.8, 4) is 0 Å². The first-order chi connectivity index (χ1) is 9.00. The molecular formula is C13H17N3O3. The molecule has 2 amide bonds. The molecule has 0 radical (unpaired) electrons. The molecule has 1 aromatic carbocycles. The summed E-state index contributed by atoms with van der Waals surface area (Å²) in [4.78, 5) is 25.2. The summed E-state index contributed by atoms with van der Waals surface area (Å²) in [6, 6.07) is 4.37. The number of nitrogens with two attached hydrogens (primary N) is 2. The zero-order chi connectivity index (χ0) is 14.0. The number of carbonyl (C=O) groups excluding carboxylic acids is 2. The second-order valence-electron chi connectivity index (χ2n) is 4.56. The largest absolute Gasteiger partial charge is 0.398 e. The fourth-order valence-electron chi connectivity index (χ4n) is 2.02. The van der Waals surface area contributed by atoms with Crippen LogP contribution in [0.5, 0.6) is 0 Å².